The lowest BCUT2D eigenvalue weighted by Gasteiger charge is -2.21. The molecule has 4 aromatic rings. The van der Waals surface area contributed by atoms with Gasteiger partial charge in [-0.05, 0) is 66.8 Å². The van der Waals surface area contributed by atoms with Gasteiger partial charge in [0.15, 0.2) is 5.13 Å². The number of para-hydroxylation sites is 1. The number of pyridine rings is 1. The van der Waals surface area contributed by atoms with Crippen LogP contribution in [0.2, 0.25) is 0 Å². The molecule has 1 fully saturated rings. The Morgan fingerprint density at radius 1 is 0.974 bits per heavy atom. The lowest BCUT2D eigenvalue weighted by molar-refractivity contribution is 0.0984. The maximum Gasteiger partial charge on any atom is 0.260 e. The van der Waals surface area contributed by atoms with E-state index in [0.717, 1.165) is 47.2 Å². The number of benzene rings is 2. The van der Waals surface area contributed by atoms with Crippen LogP contribution in [0.3, 0.4) is 0 Å². The first-order valence-electron chi connectivity index (χ1n) is 13.1. The Morgan fingerprint density at radius 3 is 2.37 bits per heavy atom. The van der Waals surface area contributed by atoms with Crippen molar-refractivity contribution in [3.8, 4) is 0 Å². The Bertz CT molecular complexity index is 1510. The molecule has 0 spiro atoms. The van der Waals surface area contributed by atoms with Gasteiger partial charge in [-0.25, -0.2) is 13.4 Å². The Morgan fingerprint density at radius 2 is 1.71 bits per heavy atom. The van der Waals surface area contributed by atoms with Crippen molar-refractivity contribution in [3.05, 3.63) is 83.7 Å². The first-order chi connectivity index (χ1) is 18.3. The first-order valence-corrected chi connectivity index (χ1v) is 15.3. The van der Waals surface area contributed by atoms with Crippen molar-refractivity contribution in [1.82, 2.24) is 14.3 Å². The Balaban J connectivity index is 1.48. The van der Waals surface area contributed by atoms with Crippen LogP contribution in [0.5, 0.6) is 0 Å². The van der Waals surface area contributed by atoms with Crippen molar-refractivity contribution < 1.29 is 13.2 Å². The highest BCUT2D eigenvalue weighted by molar-refractivity contribution is 7.89. The summed E-state index contributed by atoms with van der Waals surface area (Å²) in [6, 6.07) is 18.0. The summed E-state index contributed by atoms with van der Waals surface area (Å²) in [6.45, 7) is 5.59. The predicted molar refractivity (Wildman–Crippen MR) is 152 cm³/mol. The van der Waals surface area contributed by atoms with E-state index < -0.39 is 10.0 Å². The van der Waals surface area contributed by atoms with Gasteiger partial charge < -0.3 is 0 Å². The molecule has 1 amide bonds. The van der Waals surface area contributed by atoms with Gasteiger partial charge in [-0.2, -0.15) is 4.31 Å². The van der Waals surface area contributed by atoms with Crippen LogP contribution in [-0.4, -0.2) is 41.7 Å². The number of sulfonamides is 1. The molecule has 1 aliphatic heterocycles. The maximum absolute atomic E-state index is 13.9. The van der Waals surface area contributed by atoms with E-state index in [1.54, 1.807) is 39.7 Å². The van der Waals surface area contributed by atoms with Crippen molar-refractivity contribution in [2.24, 2.45) is 0 Å². The number of carbonyl (C=O) groups is 1. The molecule has 0 saturated carbocycles. The quantitative estimate of drug-likeness (QED) is 0.274. The van der Waals surface area contributed by atoms with Crippen LogP contribution in [0.15, 0.2) is 71.8 Å². The van der Waals surface area contributed by atoms with Crippen LogP contribution in [0.25, 0.3) is 10.2 Å². The average Bonchev–Trinajstić information content (AvgIpc) is 3.16. The molecule has 9 heteroatoms. The van der Waals surface area contributed by atoms with Crippen LogP contribution >= 0.6 is 11.3 Å². The zero-order valence-electron chi connectivity index (χ0n) is 21.7. The standard InChI is InChI=1S/C29H32N4O3S2/c1-21(2)25-11-9-12-26-27(25)31-29(37-26)33(20-23-10-5-6-17-30-23)28(34)22-13-15-24(16-14-22)38(35,36)32-18-7-3-4-8-19-32/h5-6,9-17,21H,3-4,7-8,18-20H2,1-2H3. The zero-order chi connectivity index (χ0) is 26.7. The number of aromatic nitrogens is 2. The molecule has 0 N–H and O–H groups in total. The summed E-state index contributed by atoms with van der Waals surface area (Å²) in [4.78, 5) is 25.0. The summed E-state index contributed by atoms with van der Waals surface area (Å²) in [7, 11) is -3.59. The molecule has 7 nitrogen and oxygen atoms in total. The molecular weight excluding hydrogens is 516 g/mol. The van der Waals surface area contributed by atoms with E-state index in [4.69, 9.17) is 4.98 Å². The molecule has 0 bridgehead atoms. The van der Waals surface area contributed by atoms with Gasteiger partial charge in [-0.3, -0.25) is 14.7 Å². The highest BCUT2D eigenvalue weighted by Gasteiger charge is 2.27. The van der Waals surface area contributed by atoms with Crippen LogP contribution in [0.1, 0.15) is 67.1 Å². The van der Waals surface area contributed by atoms with E-state index in [1.165, 1.54) is 11.3 Å². The molecule has 5 rings (SSSR count). The highest BCUT2D eigenvalue weighted by atomic mass is 32.2. The Labute approximate surface area is 228 Å². The topological polar surface area (TPSA) is 83.5 Å². The third-order valence-corrected chi connectivity index (χ3v) is 9.84. The SMILES string of the molecule is CC(C)c1cccc2sc(N(Cc3ccccn3)C(=O)c3ccc(S(=O)(=O)N4CCCCCC4)cc3)nc12. The molecule has 3 heterocycles. The number of rotatable bonds is 7. The highest BCUT2D eigenvalue weighted by Crippen LogP contribution is 2.35. The van der Waals surface area contributed by atoms with Gasteiger partial charge in [0.1, 0.15) is 0 Å². The molecule has 0 aliphatic carbocycles. The van der Waals surface area contributed by atoms with Gasteiger partial charge in [0.05, 0.1) is 27.4 Å². The minimum atomic E-state index is -3.59. The van der Waals surface area contributed by atoms with Crippen LogP contribution in [-0.2, 0) is 16.6 Å². The molecule has 0 radical (unpaired) electrons. The number of fused-ring (bicyclic) bond motifs is 1. The average molecular weight is 549 g/mol. The van der Waals surface area contributed by atoms with E-state index in [0.29, 0.717) is 29.7 Å². The summed E-state index contributed by atoms with van der Waals surface area (Å²) >= 11 is 1.47. The largest absolute Gasteiger partial charge is 0.278 e. The maximum atomic E-state index is 13.9. The lowest BCUT2D eigenvalue weighted by atomic mass is 10.0. The second-order valence-electron chi connectivity index (χ2n) is 9.90. The van der Waals surface area contributed by atoms with Crippen molar-refractivity contribution >= 4 is 42.6 Å². The molecule has 198 valence electrons. The number of anilines is 1. The van der Waals surface area contributed by atoms with E-state index in [-0.39, 0.29) is 17.3 Å². The fourth-order valence-corrected chi connectivity index (χ4v) is 7.29. The summed E-state index contributed by atoms with van der Waals surface area (Å²) in [5, 5.41) is 0.588. The zero-order valence-corrected chi connectivity index (χ0v) is 23.3. The molecular formula is C29H32N4O3S2. The van der Waals surface area contributed by atoms with E-state index in [1.807, 2.05) is 30.3 Å². The summed E-state index contributed by atoms with van der Waals surface area (Å²) in [5.74, 6) is 0.0480. The number of amides is 1. The number of thiazole rings is 1. The van der Waals surface area contributed by atoms with E-state index >= 15 is 0 Å². The van der Waals surface area contributed by atoms with Crippen LogP contribution in [0, 0.1) is 0 Å². The first kappa shape index (κ1) is 26.5. The van der Waals surface area contributed by atoms with E-state index in [2.05, 4.69) is 24.9 Å². The van der Waals surface area contributed by atoms with Crippen LogP contribution < -0.4 is 4.90 Å². The van der Waals surface area contributed by atoms with Crippen molar-refractivity contribution in [3.63, 3.8) is 0 Å². The number of nitrogens with zero attached hydrogens (tertiary/aromatic N) is 4. The van der Waals surface area contributed by atoms with Gasteiger partial charge in [0, 0.05) is 24.8 Å². The smallest absolute Gasteiger partial charge is 0.260 e. The molecule has 1 aliphatic rings. The molecule has 2 aromatic carbocycles. The van der Waals surface area contributed by atoms with Crippen LogP contribution in [0.4, 0.5) is 5.13 Å². The summed E-state index contributed by atoms with van der Waals surface area (Å²) in [6.07, 6.45) is 5.56. The van der Waals surface area contributed by atoms with Gasteiger partial charge in [-0.1, -0.05) is 56.2 Å². The normalized spacial score (nSPS) is 15.0. The van der Waals surface area contributed by atoms with Gasteiger partial charge in [-0.15, -0.1) is 0 Å². The van der Waals surface area contributed by atoms with Crippen molar-refractivity contribution in [2.75, 3.05) is 18.0 Å². The van der Waals surface area contributed by atoms with Crippen molar-refractivity contribution in [2.45, 2.75) is 56.9 Å². The number of hydrogen-bond acceptors (Lipinski definition) is 6. The number of hydrogen-bond donors (Lipinski definition) is 0. The number of carbonyl (C=O) groups excluding carboxylic acids is 1. The molecule has 0 atom stereocenters. The fourth-order valence-electron chi connectivity index (χ4n) is 4.78. The third kappa shape index (κ3) is 5.50. The monoisotopic (exact) mass is 548 g/mol. The molecule has 38 heavy (non-hydrogen) atoms. The van der Waals surface area contributed by atoms with Gasteiger partial charge in [0.25, 0.3) is 5.91 Å². The summed E-state index contributed by atoms with van der Waals surface area (Å²) < 4.78 is 29.0. The predicted octanol–water partition coefficient (Wildman–Crippen LogP) is 6.23. The van der Waals surface area contributed by atoms with Gasteiger partial charge >= 0.3 is 0 Å². The van der Waals surface area contributed by atoms with Gasteiger partial charge in [0.2, 0.25) is 10.0 Å². The second kappa shape index (κ2) is 11.3. The molecule has 2 aromatic heterocycles. The molecule has 0 unspecified atom stereocenters. The minimum Gasteiger partial charge on any atom is -0.278 e. The molecule has 1 saturated heterocycles. The Hall–Kier alpha value is -3.14. The third-order valence-electron chi connectivity index (χ3n) is 6.89. The lowest BCUT2D eigenvalue weighted by Crippen LogP contribution is -2.32. The van der Waals surface area contributed by atoms with E-state index in [9.17, 15) is 13.2 Å². The van der Waals surface area contributed by atoms with Crippen molar-refractivity contribution in [1.29, 1.82) is 0 Å². The minimum absolute atomic E-state index is 0.216. The Kier molecular flexibility index (Phi) is 7.88. The fraction of sp³-hybridized carbons (Fsp3) is 0.345. The summed E-state index contributed by atoms with van der Waals surface area (Å²) in [5.41, 5.74) is 3.18. The second-order valence-corrected chi connectivity index (χ2v) is 12.8.